The van der Waals surface area contributed by atoms with Crippen molar-refractivity contribution in [1.29, 1.82) is 5.26 Å². The third-order valence-electron chi connectivity index (χ3n) is 4.22. The Kier molecular flexibility index (Phi) is 5.14. The van der Waals surface area contributed by atoms with Crippen LogP contribution in [0.3, 0.4) is 0 Å². The Morgan fingerprint density at radius 1 is 1.16 bits per heavy atom. The molecule has 1 aromatic carbocycles. The van der Waals surface area contributed by atoms with Crippen LogP contribution >= 0.6 is 0 Å². The van der Waals surface area contributed by atoms with E-state index in [0.29, 0.717) is 24.4 Å². The fraction of sp³-hybridized carbons (Fsp3) is 0.316. The molecule has 2 heterocycles. The highest BCUT2D eigenvalue weighted by Gasteiger charge is 2.22. The Labute approximate surface area is 147 Å². The largest absolute Gasteiger partial charge is 0.484 e. The zero-order valence-electron chi connectivity index (χ0n) is 14.2. The summed E-state index contributed by atoms with van der Waals surface area (Å²) in [5.74, 6) is 1.54. The smallest absolute Gasteiger partial charge is 0.260 e. The van der Waals surface area contributed by atoms with Crippen molar-refractivity contribution in [1.82, 2.24) is 9.88 Å². The zero-order valence-corrected chi connectivity index (χ0v) is 14.2. The summed E-state index contributed by atoms with van der Waals surface area (Å²) in [6.07, 6.45) is 1.57. The number of benzene rings is 1. The molecule has 0 radical (unpaired) electrons. The molecule has 1 aromatic heterocycles. The highest BCUT2D eigenvalue weighted by Crippen LogP contribution is 2.15. The molecule has 0 aliphatic carbocycles. The number of pyridine rings is 1. The monoisotopic (exact) mass is 336 g/mol. The first-order chi connectivity index (χ1) is 12.2. The van der Waals surface area contributed by atoms with Crippen LogP contribution in [-0.2, 0) is 4.79 Å². The molecule has 0 spiro atoms. The first-order valence-corrected chi connectivity index (χ1v) is 8.24. The maximum Gasteiger partial charge on any atom is 0.260 e. The SMILES string of the molecule is Cc1ccc(OCC(=O)N2CCN(c3ccc(C#N)cn3)CC2)cc1. The van der Waals surface area contributed by atoms with Crippen molar-refractivity contribution in [2.75, 3.05) is 37.7 Å². The Bertz CT molecular complexity index is 758. The number of ether oxygens (including phenoxy) is 1. The van der Waals surface area contributed by atoms with Crippen LogP contribution in [0.4, 0.5) is 5.82 Å². The average molecular weight is 336 g/mol. The van der Waals surface area contributed by atoms with Crippen molar-refractivity contribution in [2.24, 2.45) is 0 Å². The van der Waals surface area contributed by atoms with Gasteiger partial charge in [0.2, 0.25) is 0 Å². The predicted molar refractivity (Wildman–Crippen MR) is 94.4 cm³/mol. The second kappa shape index (κ2) is 7.67. The highest BCUT2D eigenvalue weighted by atomic mass is 16.5. The number of rotatable bonds is 4. The summed E-state index contributed by atoms with van der Waals surface area (Å²) in [5.41, 5.74) is 1.71. The van der Waals surface area contributed by atoms with E-state index in [1.165, 1.54) is 0 Å². The van der Waals surface area contributed by atoms with Gasteiger partial charge in [-0.15, -0.1) is 0 Å². The molecule has 2 aromatic rings. The number of carbonyl (C=O) groups is 1. The summed E-state index contributed by atoms with van der Waals surface area (Å²) in [7, 11) is 0. The molecule has 1 saturated heterocycles. The summed E-state index contributed by atoms with van der Waals surface area (Å²) in [6, 6.07) is 13.3. The molecule has 0 bridgehead atoms. The van der Waals surface area contributed by atoms with Gasteiger partial charge in [-0.05, 0) is 31.2 Å². The van der Waals surface area contributed by atoms with Crippen molar-refractivity contribution in [3.8, 4) is 11.8 Å². The molecule has 6 heteroatoms. The maximum absolute atomic E-state index is 12.3. The van der Waals surface area contributed by atoms with Gasteiger partial charge in [-0.3, -0.25) is 4.79 Å². The van der Waals surface area contributed by atoms with Gasteiger partial charge in [0, 0.05) is 32.4 Å². The molecule has 128 valence electrons. The van der Waals surface area contributed by atoms with Gasteiger partial charge >= 0.3 is 0 Å². The van der Waals surface area contributed by atoms with Gasteiger partial charge in [-0.1, -0.05) is 17.7 Å². The van der Waals surface area contributed by atoms with E-state index >= 15 is 0 Å². The lowest BCUT2D eigenvalue weighted by Gasteiger charge is -2.35. The number of aromatic nitrogens is 1. The predicted octanol–water partition coefficient (Wildman–Crippen LogP) is 1.99. The third-order valence-corrected chi connectivity index (χ3v) is 4.22. The number of hydrogen-bond donors (Lipinski definition) is 0. The van der Waals surface area contributed by atoms with Crippen molar-refractivity contribution < 1.29 is 9.53 Å². The molecule has 0 atom stereocenters. The van der Waals surface area contributed by atoms with Gasteiger partial charge in [0.25, 0.3) is 5.91 Å². The van der Waals surface area contributed by atoms with Gasteiger partial charge < -0.3 is 14.5 Å². The van der Waals surface area contributed by atoms with E-state index in [-0.39, 0.29) is 12.5 Å². The summed E-state index contributed by atoms with van der Waals surface area (Å²) < 4.78 is 5.57. The lowest BCUT2D eigenvalue weighted by atomic mass is 10.2. The number of piperazine rings is 1. The van der Waals surface area contributed by atoms with E-state index in [1.807, 2.05) is 42.2 Å². The summed E-state index contributed by atoms with van der Waals surface area (Å²) >= 11 is 0. The minimum atomic E-state index is -0.00647. The van der Waals surface area contributed by atoms with Crippen molar-refractivity contribution in [3.63, 3.8) is 0 Å². The number of amides is 1. The van der Waals surface area contributed by atoms with E-state index in [2.05, 4.69) is 16.0 Å². The Morgan fingerprint density at radius 2 is 1.88 bits per heavy atom. The number of nitriles is 1. The maximum atomic E-state index is 12.3. The molecular formula is C19H20N4O2. The number of hydrogen-bond acceptors (Lipinski definition) is 5. The molecule has 0 N–H and O–H groups in total. The minimum absolute atomic E-state index is 0.00647. The molecule has 0 saturated carbocycles. The van der Waals surface area contributed by atoms with Crippen LogP contribution in [-0.4, -0.2) is 48.6 Å². The average Bonchev–Trinajstić information content (AvgIpc) is 2.67. The van der Waals surface area contributed by atoms with Crippen LogP contribution in [0.1, 0.15) is 11.1 Å². The third kappa shape index (κ3) is 4.27. The lowest BCUT2D eigenvalue weighted by Crippen LogP contribution is -2.50. The number of aryl methyl sites for hydroxylation is 1. The molecule has 3 rings (SSSR count). The van der Waals surface area contributed by atoms with Crippen LogP contribution in [0.25, 0.3) is 0 Å². The minimum Gasteiger partial charge on any atom is -0.484 e. The van der Waals surface area contributed by atoms with E-state index < -0.39 is 0 Å². The van der Waals surface area contributed by atoms with Crippen LogP contribution in [0.15, 0.2) is 42.6 Å². The fourth-order valence-electron chi connectivity index (χ4n) is 2.70. The molecule has 0 unspecified atom stereocenters. The van der Waals surface area contributed by atoms with Crippen molar-refractivity contribution in [3.05, 3.63) is 53.7 Å². The first kappa shape index (κ1) is 16.8. The fourth-order valence-corrected chi connectivity index (χ4v) is 2.70. The first-order valence-electron chi connectivity index (χ1n) is 8.24. The normalized spacial score (nSPS) is 14.1. The standard InChI is InChI=1S/C19H20N4O2/c1-15-2-5-17(6-3-15)25-14-19(24)23-10-8-22(9-11-23)18-7-4-16(12-20)13-21-18/h2-7,13H,8-11,14H2,1H3. The van der Waals surface area contributed by atoms with Gasteiger partial charge in [0.15, 0.2) is 6.61 Å². The van der Waals surface area contributed by atoms with E-state index in [4.69, 9.17) is 10.00 Å². The summed E-state index contributed by atoms with van der Waals surface area (Å²) in [4.78, 5) is 20.5. The van der Waals surface area contributed by atoms with Gasteiger partial charge in [-0.25, -0.2) is 4.98 Å². The number of nitrogens with zero attached hydrogens (tertiary/aromatic N) is 4. The topological polar surface area (TPSA) is 69.5 Å². The molecule has 1 aliphatic heterocycles. The summed E-state index contributed by atoms with van der Waals surface area (Å²) in [5, 5.41) is 8.82. The second-order valence-electron chi connectivity index (χ2n) is 5.99. The highest BCUT2D eigenvalue weighted by molar-refractivity contribution is 5.78. The van der Waals surface area contributed by atoms with Gasteiger partial charge in [0.05, 0.1) is 5.56 Å². The van der Waals surface area contributed by atoms with Gasteiger partial charge in [0.1, 0.15) is 17.6 Å². The Hall–Kier alpha value is -3.07. The molecule has 25 heavy (non-hydrogen) atoms. The van der Waals surface area contributed by atoms with Crippen LogP contribution in [0.2, 0.25) is 0 Å². The molecular weight excluding hydrogens is 316 g/mol. The number of anilines is 1. The van der Waals surface area contributed by atoms with Crippen molar-refractivity contribution >= 4 is 11.7 Å². The van der Waals surface area contributed by atoms with Crippen LogP contribution < -0.4 is 9.64 Å². The van der Waals surface area contributed by atoms with Crippen LogP contribution in [0, 0.1) is 18.3 Å². The molecule has 6 nitrogen and oxygen atoms in total. The molecule has 1 aliphatic rings. The zero-order chi connectivity index (χ0) is 17.6. The Morgan fingerprint density at radius 3 is 2.48 bits per heavy atom. The van der Waals surface area contributed by atoms with E-state index in [1.54, 1.807) is 12.3 Å². The number of carbonyl (C=O) groups excluding carboxylic acids is 1. The van der Waals surface area contributed by atoms with Crippen molar-refractivity contribution in [2.45, 2.75) is 6.92 Å². The quantitative estimate of drug-likeness (QED) is 0.854. The lowest BCUT2D eigenvalue weighted by molar-refractivity contribution is -0.133. The molecule has 1 fully saturated rings. The van der Waals surface area contributed by atoms with Gasteiger partial charge in [-0.2, -0.15) is 5.26 Å². The molecule has 1 amide bonds. The van der Waals surface area contributed by atoms with E-state index in [0.717, 1.165) is 24.5 Å². The van der Waals surface area contributed by atoms with E-state index in [9.17, 15) is 4.79 Å². The second-order valence-corrected chi connectivity index (χ2v) is 5.99. The Balaban J connectivity index is 1.48. The van der Waals surface area contributed by atoms with Crippen LogP contribution in [0.5, 0.6) is 5.75 Å². The summed E-state index contributed by atoms with van der Waals surface area (Å²) in [6.45, 7) is 4.77.